The van der Waals surface area contributed by atoms with Gasteiger partial charge in [0.25, 0.3) is 0 Å². The lowest BCUT2D eigenvalue weighted by Crippen LogP contribution is -2.46. The van der Waals surface area contributed by atoms with E-state index in [1.165, 1.54) is 4.88 Å². The lowest BCUT2D eigenvalue weighted by molar-refractivity contribution is 0.0177. The van der Waals surface area contributed by atoms with Crippen LogP contribution in [0.2, 0.25) is 0 Å². The van der Waals surface area contributed by atoms with Crippen LogP contribution in [0.3, 0.4) is 0 Å². The number of nitrogens with zero attached hydrogens (tertiary/aromatic N) is 2. The number of thiophene rings is 1. The van der Waals surface area contributed by atoms with E-state index in [0.29, 0.717) is 32.4 Å². The predicted molar refractivity (Wildman–Crippen MR) is 102 cm³/mol. The van der Waals surface area contributed by atoms with Gasteiger partial charge in [-0.1, -0.05) is 6.07 Å². The molecule has 0 spiro atoms. The van der Waals surface area contributed by atoms with Crippen LogP contribution >= 0.6 is 11.3 Å². The van der Waals surface area contributed by atoms with Gasteiger partial charge in [0, 0.05) is 45.2 Å². The summed E-state index contributed by atoms with van der Waals surface area (Å²) < 4.78 is 15.9. The van der Waals surface area contributed by atoms with E-state index in [0.717, 1.165) is 38.8 Å². The fraction of sp³-hybridized carbons (Fsp3) is 0.706. The van der Waals surface area contributed by atoms with Gasteiger partial charge in [-0.15, -0.1) is 11.3 Å². The molecule has 2 heterocycles. The van der Waals surface area contributed by atoms with Crippen molar-refractivity contribution in [2.24, 2.45) is 4.99 Å². The molecular weight excluding hydrogens is 340 g/mol. The maximum absolute atomic E-state index is 5.49. The SMILES string of the molecule is CN=C(NCCOCCOC)NCC(c1cccs1)N1CCOCC1. The number of ether oxygens (including phenoxy) is 3. The molecule has 1 aromatic rings. The van der Waals surface area contributed by atoms with Gasteiger partial charge < -0.3 is 24.8 Å². The molecule has 1 aliphatic heterocycles. The number of hydrogen-bond acceptors (Lipinski definition) is 6. The Morgan fingerprint density at radius 2 is 2.16 bits per heavy atom. The van der Waals surface area contributed by atoms with Gasteiger partial charge >= 0.3 is 0 Å². The van der Waals surface area contributed by atoms with Gasteiger partial charge in [-0.2, -0.15) is 0 Å². The van der Waals surface area contributed by atoms with Crippen LogP contribution in [0.5, 0.6) is 0 Å². The minimum absolute atomic E-state index is 0.334. The van der Waals surface area contributed by atoms with Gasteiger partial charge in [0.05, 0.1) is 39.1 Å². The third-order valence-corrected chi connectivity index (χ3v) is 4.99. The van der Waals surface area contributed by atoms with E-state index in [4.69, 9.17) is 14.2 Å². The van der Waals surface area contributed by atoms with Crippen LogP contribution in [0.1, 0.15) is 10.9 Å². The Morgan fingerprint density at radius 1 is 1.32 bits per heavy atom. The highest BCUT2D eigenvalue weighted by molar-refractivity contribution is 7.10. The summed E-state index contributed by atoms with van der Waals surface area (Å²) in [6.45, 7) is 6.91. The minimum Gasteiger partial charge on any atom is -0.382 e. The average molecular weight is 371 g/mol. The third kappa shape index (κ3) is 7.29. The summed E-state index contributed by atoms with van der Waals surface area (Å²) >= 11 is 1.80. The smallest absolute Gasteiger partial charge is 0.191 e. The lowest BCUT2D eigenvalue weighted by atomic mass is 10.2. The first-order chi connectivity index (χ1) is 12.3. The van der Waals surface area contributed by atoms with Gasteiger partial charge in [-0.05, 0) is 11.4 Å². The molecule has 0 bridgehead atoms. The van der Waals surface area contributed by atoms with Crippen LogP contribution in [0.4, 0.5) is 0 Å². The highest BCUT2D eigenvalue weighted by Gasteiger charge is 2.23. The number of methoxy groups -OCH3 is 1. The molecule has 7 nitrogen and oxygen atoms in total. The fourth-order valence-electron chi connectivity index (χ4n) is 2.68. The fourth-order valence-corrected chi connectivity index (χ4v) is 3.54. The van der Waals surface area contributed by atoms with E-state index >= 15 is 0 Å². The van der Waals surface area contributed by atoms with Crippen molar-refractivity contribution >= 4 is 17.3 Å². The van der Waals surface area contributed by atoms with Gasteiger partial charge in [0.2, 0.25) is 0 Å². The second kappa shape index (κ2) is 12.2. The summed E-state index contributed by atoms with van der Waals surface area (Å²) in [4.78, 5) is 8.14. The molecule has 2 rings (SSSR count). The van der Waals surface area contributed by atoms with Crippen molar-refractivity contribution < 1.29 is 14.2 Å². The molecule has 1 fully saturated rings. The van der Waals surface area contributed by atoms with Crippen molar-refractivity contribution in [3.63, 3.8) is 0 Å². The zero-order chi connectivity index (χ0) is 17.7. The summed E-state index contributed by atoms with van der Waals surface area (Å²) in [7, 11) is 3.46. The number of morpholine rings is 1. The maximum Gasteiger partial charge on any atom is 0.191 e. The first-order valence-electron chi connectivity index (χ1n) is 8.71. The summed E-state index contributed by atoms with van der Waals surface area (Å²) in [6, 6.07) is 4.64. The van der Waals surface area contributed by atoms with Crippen LogP contribution in [0.15, 0.2) is 22.5 Å². The topological polar surface area (TPSA) is 67.4 Å². The Morgan fingerprint density at radius 3 is 2.84 bits per heavy atom. The maximum atomic E-state index is 5.49. The largest absolute Gasteiger partial charge is 0.382 e. The average Bonchev–Trinajstić information content (AvgIpc) is 3.18. The lowest BCUT2D eigenvalue weighted by Gasteiger charge is -2.34. The molecule has 1 unspecified atom stereocenters. The first-order valence-corrected chi connectivity index (χ1v) is 9.59. The highest BCUT2D eigenvalue weighted by atomic mass is 32.1. The van der Waals surface area contributed by atoms with E-state index in [9.17, 15) is 0 Å². The third-order valence-electron chi connectivity index (χ3n) is 4.02. The van der Waals surface area contributed by atoms with Crippen molar-refractivity contribution in [1.82, 2.24) is 15.5 Å². The molecule has 0 aromatic carbocycles. The Bertz CT molecular complexity index is 478. The normalized spacial score (nSPS) is 17.4. The summed E-state index contributed by atoms with van der Waals surface area (Å²) in [6.07, 6.45) is 0. The van der Waals surface area contributed by atoms with Gasteiger partial charge in [-0.25, -0.2) is 0 Å². The highest BCUT2D eigenvalue weighted by Crippen LogP contribution is 2.25. The van der Waals surface area contributed by atoms with E-state index in [1.807, 2.05) is 0 Å². The molecular formula is C17H30N4O3S. The Balaban J connectivity index is 1.77. The molecule has 1 saturated heterocycles. The van der Waals surface area contributed by atoms with Crippen LogP contribution in [-0.4, -0.2) is 84.2 Å². The van der Waals surface area contributed by atoms with Crippen molar-refractivity contribution in [1.29, 1.82) is 0 Å². The summed E-state index contributed by atoms with van der Waals surface area (Å²) in [5.41, 5.74) is 0. The zero-order valence-electron chi connectivity index (χ0n) is 15.2. The molecule has 1 aliphatic rings. The van der Waals surface area contributed by atoms with Crippen LogP contribution < -0.4 is 10.6 Å². The number of aliphatic imine (C=N–C) groups is 1. The Labute approximate surface area is 154 Å². The van der Waals surface area contributed by atoms with E-state index in [1.54, 1.807) is 25.5 Å². The van der Waals surface area contributed by atoms with Gasteiger partial charge in [0.1, 0.15) is 0 Å². The van der Waals surface area contributed by atoms with E-state index in [2.05, 4.69) is 38.0 Å². The van der Waals surface area contributed by atoms with Crippen LogP contribution in [0, 0.1) is 0 Å². The molecule has 25 heavy (non-hydrogen) atoms. The number of guanidine groups is 1. The minimum atomic E-state index is 0.334. The molecule has 0 saturated carbocycles. The van der Waals surface area contributed by atoms with Crippen molar-refractivity contribution in [2.45, 2.75) is 6.04 Å². The van der Waals surface area contributed by atoms with Crippen LogP contribution in [0.25, 0.3) is 0 Å². The molecule has 0 radical (unpaired) electrons. The molecule has 0 amide bonds. The van der Waals surface area contributed by atoms with Crippen molar-refractivity contribution in [2.75, 3.05) is 73.4 Å². The second-order valence-electron chi connectivity index (χ2n) is 5.66. The van der Waals surface area contributed by atoms with Crippen molar-refractivity contribution in [3.8, 4) is 0 Å². The molecule has 1 aromatic heterocycles. The molecule has 1 atom stereocenters. The quantitative estimate of drug-likeness (QED) is 0.363. The van der Waals surface area contributed by atoms with Gasteiger partial charge in [-0.3, -0.25) is 9.89 Å². The number of rotatable bonds is 10. The molecule has 142 valence electrons. The Hall–Kier alpha value is -1.19. The summed E-state index contributed by atoms with van der Waals surface area (Å²) in [5, 5.41) is 8.86. The predicted octanol–water partition coefficient (Wildman–Crippen LogP) is 0.949. The second-order valence-corrected chi connectivity index (χ2v) is 6.64. The monoisotopic (exact) mass is 370 g/mol. The number of hydrogen-bond donors (Lipinski definition) is 2. The standard InChI is InChI=1S/C17H30N4O3S/c1-18-17(19-5-8-23-12-11-22-2)20-14-15(16-4-3-13-25-16)21-6-9-24-10-7-21/h3-4,13,15H,5-12,14H2,1-2H3,(H2,18,19,20). The van der Waals surface area contributed by atoms with E-state index in [-0.39, 0.29) is 0 Å². The van der Waals surface area contributed by atoms with Gasteiger partial charge in [0.15, 0.2) is 5.96 Å². The van der Waals surface area contributed by atoms with E-state index < -0.39 is 0 Å². The van der Waals surface area contributed by atoms with Crippen LogP contribution in [-0.2, 0) is 14.2 Å². The summed E-state index contributed by atoms with van der Waals surface area (Å²) in [5.74, 6) is 0.796. The molecule has 8 heteroatoms. The Kier molecular flexibility index (Phi) is 9.83. The molecule has 2 N–H and O–H groups in total. The van der Waals surface area contributed by atoms with Crippen molar-refractivity contribution in [3.05, 3.63) is 22.4 Å². The number of nitrogens with one attached hydrogen (secondary N) is 2. The molecule has 0 aliphatic carbocycles. The zero-order valence-corrected chi connectivity index (χ0v) is 16.0. The first kappa shape index (κ1) is 20.1.